The van der Waals surface area contributed by atoms with Gasteiger partial charge in [0.2, 0.25) is 0 Å². The van der Waals surface area contributed by atoms with E-state index >= 15 is 0 Å². The number of hydrogen-bond acceptors (Lipinski definition) is 3. The lowest BCUT2D eigenvalue weighted by molar-refractivity contribution is 0.162. The molecule has 1 aliphatic rings. The molecule has 5 heteroatoms. The van der Waals surface area contributed by atoms with E-state index < -0.39 is 6.10 Å². The normalized spacial score (nSPS) is 16.1. The van der Waals surface area contributed by atoms with E-state index in [1.165, 1.54) is 42.0 Å². The smallest absolute Gasteiger partial charge is 0.194 e. The minimum absolute atomic E-state index is 0.224. The summed E-state index contributed by atoms with van der Waals surface area (Å²) in [6, 6.07) is 6.50. The molecule has 0 amide bonds. The molecule has 1 aromatic carbocycles. The molecule has 3 nitrogen and oxygen atoms in total. The first-order valence-corrected chi connectivity index (χ1v) is 9.44. The average Bonchev–Trinajstić information content (AvgIpc) is 3.06. The molecule has 0 fully saturated rings. The Kier molecular flexibility index (Phi) is 4.37. The van der Waals surface area contributed by atoms with Crippen LogP contribution in [0.3, 0.4) is 0 Å². The lowest BCUT2D eigenvalue weighted by Gasteiger charge is -2.11. The van der Waals surface area contributed by atoms with Crippen LogP contribution in [-0.2, 0) is 19.3 Å². The van der Waals surface area contributed by atoms with E-state index in [4.69, 9.17) is 0 Å². The number of aromatic nitrogens is 2. The van der Waals surface area contributed by atoms with Crippen LogP contribution in [0.15, 0.2) is 30.5 Å². The fourth-order valence-corrected chi connectivity index (χ4v) is 4.71. The number of hydrogen-bond donors (Lipinski definition) is 1. The van der Waals surface area contributed by atoms with Gasteiger partial charge in [-0.15, -0.1) is 11.3 Å². The van der Waals surface area contributed by atoms with Gasteiger partial charge >= 0.3 is 0 Å². The predicted molar refractivity (Wildman–Crippen MR) is 94.0 cm³/mol. The number of aryl methyl sites for hydroxylation is 3. The predicted octanol–water partition coefficient (Wildman–Crippen LogP) is 4.47. The third kappa shape index (κ3) is 2.98. The number of aliphatic hydroxyl groups excluding tert-OH is 1. The third-order valence-corrected chi connectivity index (χ3v) is 6.00. The maximum Gasteiger partial charge on any atom is 0.194 e. The van der Waals surface area contributed by atoms with Crippen molar-refractivity contribution in [1.29, 1.82) is 0 Å². The lowest BCUT2D eigenvalue weighted by Crippen LogP contribution is -2.05. The standard InChI is InChI=1S/C19H21FN2OS/c20-14-9-6-13(7-10-14)8-11-17(23)16-12-21-19-22(16)15-4-2-1-3-5-18(15)24-19/h6-7,9-10,12,17,23H,1-5,8,11H2. The van der Waals surface area contributed by atoms with E-state index in [0.717, 1.165) is 35.5 Å². The van der Waals surface area contributed by atoms with Gasteiger partial charge in [0.25, 0.3) is 0 Å². The molecule has 0 bridgehead atoms. The van der Waals surface area contributed by atoms with E-state index in [0.29, 0.717) is 6.42 Å². The molecule has 0 spiro atoms. The van der Waals surface area contributed by atoms with Crippen molar-refractivity contribution >= 4 is 16.3 Å². The van der Waals surface area contributed by atoms with Crippen LogP contribution < -0.4 is 0 Å². The van der Waals surface area contributed by atoms with Crippen LogP contribution in [0.25, 0.3) is 4.96 Å². The van der Waals surface area contributed by atoms with Crippen molar-refractivity contribution in [2.75, 3.05) is 0 Å². The molecule has 0 radical (unpaired) electrons. The highest BCUT2D eigenvalue weighted by atomic mass is 32.1. The van der Waals surface area contributed by atoms with Crippen LogP contribution >= 0.6 is 11.3 Å². The quantitative estimate of drug-likeness (QED) is 0.709. The number of benzene rings is 1. The Hall–Kier alpha value is -1.72. The molecule has 24 heavy (non-hydrogen) atoms. The first-order valence-electron chi connectivity index (χ1n) is 8.63. The second-order valence-corrected chi connectivity index (χ2v) is 7.58. The summed E-state index contributed by atoms with van der Waals surface area (Å²) in [6.45, 7) is 0. The summed E-state index contributed by atoms with van der Waals surface area (Å²) >= 11 is 1.77. The number of nitrogens with zero attached hydrogens (tertiary/aromatic N) is 2. The summed E-state index contributed by atoms with van der Waals surface area (Å²) in [4.78, 5) is 6.94. The van der Waals surface area contributed by atoms with E-state index in [1.54, 1.807) is 23.5 Å². The number of halogens is 1. The second kappa shape index (κ2) is 6.65. The molecule has 3 aromatic rings. The highest BCUT2D eigenvalue weighted by molar-refractivity contribution is 7.17. The molecule has 1 aliphatic carbocycles. The monoisotopic (exact) mass is 344 g/mol. The van der Waals surface area contributed by atoms with Gasteiger partial charge in [-0.25, -0.2) is 9.37 Å². The molecule has 0 saturated heterocycles. The molecule has 1 atom stereocenters. The van der Waals surface area contributed by atoms with Crippen LogP contribution in [0, 0.1) is 5.82 Å². The molecule has 4 rings (SSSR count). The topological polar surface area (TPSA) is 37.5 Å². The van der Waals surface area contributed by atoms with Gasteiger partial charge in [0.05, 0.1) is 18.0 Å². The van der Waals surface area contributed by atoms with E-state index in [9.17, 15) is 9.50 Å². The maximum atomic E-state index is 13.0. The SMILES string of the molecule is OC(CCc1ccc(F)cc1)c1cnc2sc3c(n12)CCCCC3. The highest BCUT2D eigenvalue weighted by Gasteiger charge is 2.21. The largest absolute Gasteiger partial charge is 0.387 e. The molecular formula is C19H21FN2OS. The van der Waals surface area contributed by atoms with Crippen molar-refractivity contribution < 1.29 is 9.50 Å². The minimum Gasteiger partial charge on any atom is -0.387 e. The summed E-state index contributed by atoms with van der Waals surface area (Å²) in [5.74, 6) is -0.224. The first kappa shape index (κ1) is 15.8. The van der Waals surface area contributed by atoms with Gasteiger partial charge in [0.1, 0.15) is 5.82 Å². The van der Waals surface area contributed by atoms with Crippen LogP contribution in [0.5, 0.6) is 0 Å². The zero-order chi connectivity index (χ0) is 16.5. The van der Waals surface area contributed by atoms with E-state index in [2.05, 4.69) is 9.38 Å². The molecule has 1 unspecified atom stereocenters. The van der Waals surface area contributed by atoms with Gasteiger partial charge in [-0.1, -0.05) is 18.6 Å². The molecule has 0 saturated carbocycles. The van der Waals surface area contributed by atoms with Crippen LogP contribution in [0.4, 0.5) is 4.39 Å². The van der Waals surface area contributed by atoms with Crippen molar-refractivity contribution in [2.24, 2.45) is 0 Å². The van der Waals surface area contributed by atoms with Crippen molar-refractivity contribution in [3.05, 3.63) is 58.1 Å². The Morgan fingerprint density at radius 1 is 1.17 bits per heavy atom. The molecular weight excluding hydrogens is 323 g/mol. The van der Waals surface area contributed by atoms with Gasteiger partial charge in [-0.3, -0.25) is 4.40 Å². The molecule has 126 valence electrons. The van der Waals surface area contributed by atoms with Gasteiger partial charge in [-0.05, 0) is 56.2 Å². The van der Waals surface area contributed by atoms with Crippen molar-refractivity contribution in [3.63, 3.8) is 0 Å². The van der Waals surface area contributed by atoms with Gasteiger partial charge in [0, 0.05) is 10.6 Å². The lowest BCUT2D eigenvalue weighted by atomic mass is 10.1. The van der Waals surface area contributed by atoms with Crippen molar-refractivity contribution in [3.8, 4) is 0 Å². The van der Waals surface area contributed by atoms with Gasteiger partial charge in [-0.2, -0.15) is 0 Å². The van der Waals surface area contributed by atoms with Crippen LogP contribution in [0.2, 0.25) is 0 Å². The summed E-state index contributed by atoms with van der Waals surface area (Å²) in [5.41, 5.74) is 3.28. The zero-order valence-corrected chi connectivity index (χ0v) is 14.4. The Balaban J connectivity index is 1.56. The van der Waals surface area contributed by atoms with Crippen molar-refractivity contribution in [1.82, 2.24) is 9.38 Å². The second-order valence-electron chi connectivity index (χ2n) is 6.51. The Labute approximate surface area is 144 Å². The Morgan fingerprint density at radius 2 is 1.96 bits per heavy atom. The number of imidazole rings is 1. The highest BCUT2D eigenvalue weighted by Crippen LogP contribution is 2.32. The Bertz CT molecular complexity index is 837. The first-order chi connectivity index (χ1) is 11.7. The zero-order valence-electron chi connectivity index (χ0n) is 13.5. The molecule has 1 N–H and O–H groups in total. The van der Waals surface area contributed by atoms with E-state index in [-0.39, 0.29) is 5.82 Å². The fraction of sp³-hybridized carbons (Fsp3) is 0.421. The molecule has 0 aliphatic heterocycles. The average molecular weight is 344 g/mol. The minimum atomic E-state index is -0.549. The van der Waals surface area contributed by atoms with Crippen molar-refractivity contribution in [2.45, 2.75) is 51.0 Å². The maximum absolute atomic E-state index is 13.0. The summed E-state index contributed by atoms with van der Waals surface area (Å²) in [5, 5.41) is 10.7. The third-order valence-electron chi connectivity index (χ3n) is 4.84. The van der Waals surface area contributed by atoms with Crippen LogP contribution in [0.1, 0.15) is 53.6 Å². The fourth-order valence-electron chi connectivity index (χ4n) is 3.52. The summed E-state index contributed by atoms with van der Waals surface area (Å²) in [7, 11) is 0. The molecule has 2 heterocycles. The summed E-state index contributed by atoms with van der Waals surface area (Å²) in [6.07, 6.45) is 8.54. The van der Waals surface area contributed by atoms with Crippen LogP contribution in [-0.4, -0.2) is 14.5 Å². The summed E-state index contributed by atoms with van der Waals surface area (Å²) < 4.78 is 15.2. The van der Waals surface area contributed by atoms with Gasteiger partial charge in [0.15, 0.2) is 4.96 Å². The number of fused-ring (bicyclic) bond motifs is 3. The number of aliphatic hydroxyl groups is 1. The van der Waals surface area contributed by atoms with Gasteiger partial charge < -0.3 is 5.11 Å². The number of thiazole rings is 1. The van der Waals surface area contributed by atoms with E-state index in [1.807, 2.05) is 6.20 Å². The Morgan fingerprint density at radius 3 is 2.79 bits per heavy atom. The molecule has 2 aromatic heterocycles. The number of rotatable bonds is 4.